The third kappa shape index (κ3) is 3.31. The zero-order valence-electron chi connectivity index (χ0n) is 14.1. The number of aromatic nitrogens is 2. The molecule has 3 heterocycles. The molecule has 0 aliphatic heterocycles. The summed E-state index contributed by atoms with van der Waals surface area (Å²) < 4.78 is 26.5. The number of pyridine rings is 2. The van der Waals surface area contributed by atoms with Gasteiger partial charge in [0, 0.05) is 17.1 Å². The predicted octanol–water partition coefficient (Wildman–Crippen LogP) is 3.21. The molecular formula is C18H20N4O3S. The van der Waals surface area contributed by atoms with Gasteiger partial charge in [-0.15, -0.1) is 0 Å². The molecule has 0 atom stereocenters. The van der Waals surface area contributed by atoms with E-state index in [0.717, 1.165) is 16.9 Å². The number of hydrogen-bond acceptors (Lipinski definition) is 6. The topological polar surface area (TPSA) is 110 Å². The Hall–Kier alpha value is -2.42. The van der Waals surface area contributed by atoms with Crippen molar-refractivity contribution in [1.29, 1.82) is 0 Å². The zero-order valence-corrected chi connectivity index (χ0v) is 14.9. The molecule has 4 bridgehead atoms. The average molecular weight is 372 g/mol. The molecule has 0 saturated heterocycles. The maximum Gasteiger partial charge on any atom is 0.312 e. The zero-order chi connectivity index (χ0) is 18.1. The quantitative estimate of drug-likeness (QED) is 0.475. The van der Waals surface area contributed by atoms with Crippen molar-refractivity contribution in [3.8, 4) is 0 Å². The maximum atomic E-state index is 11.3. The van der Waals surface area contributed by atoms with E-state index in [1.165, 1.54) is 48.7 Å². The van der Waals surface area contributed by atoms with Crippen LogP contribution >= 0.6 is 0 Å². The number of imidazole rings is 1. The van der Waals surface area contributed by atoms with Crippen LogP contribution in [0.1, 0.15) is 25.7 Å². The van der Waals surface area contributed by atoms with Crippen LogP contribution in [0.3, 0.4) is 0 Å². The van der Waals surface area contributed by atoms with Gasteiger partial charge < -0.3 is 10.3 Å². The van der Waals surface area contributed by atoms with Crippen molar-refractivity contribution >= 4 is 37.9 Å². The minimum absolute atomic E-state index is 0.0666. The first-order chi connectivity index (χ1) is 12.5. The van der Waals surface area contributed by atoms with Gasteiger partial charge in [0.25, 0.3) is 0 Å². The number of benzene rings is 2. The minimum Gasteiger partial charge on any atom is -0.382 e. The number of rotatable bonds is 4. The monoisotopic (exact) mass is 372 g/mol. The Kier molecular flexibility index (Phi) is 4.39. The second-order valence-electron chi connectivity index (χ2n) is 6.52. The van der Waals surface area contributed by atoms with Crippen molar-refractivity contribution in [2.75, 3.05) is 5.32 Å². The summed E-state index contributed by atoms with van der Waals surface area (Å²) in [6.45, 7) is 0. The maximum absolute atomic E-state index is 11.3. The van der Waals surface area contributed by atoms with Gasteiger partial charge in [0.15, 0.2) is 0 Å². The third-order valence-corrected chi connectivity index (χ3v) is 5.85. The molecule has 1 fully saturated rings. The van der Waals surface area contributed by atoms with Gasteiger partial charge in [-0.05, 0) is 55.3 Å². The Bertz CT molecular complexity index is 998. The Labute approximate surface area is 151 Å². The molecule has 1 saturated carbocycles. The van der Waals surface area contributed by atoms with Gasteiger partial charge in [-0.25, -0.2) is 4.98 Å². The van der Waals surface area contributed by atoms with E-state index in [9.17, 15) is 8.42 Å². The van der Waals surface area contributed by atoms with Gasteiger partial charge >= 0.3 is 10.1 Å². The second-order valence-corrected chi connectivity index (χ2v) is 8.09. The lowest BCUT2D eigenvalue weighted by molar-refractivity contribution is 0.333. The lowest BCUT2D eigenvalue weighted by Gasteiger charge is -2.13. The fourth-order valence-electron chi connectivity index (χ4n) is 3.37. The molecule has 1 aliphatic carbocycles. The highest BCUT2D eigenvalue weighted by Crippen LogP contribution is 2.24. The van der Waals surface area contributed by atoms with Crippen LogP contribution in [0.4, 0.5) is 5.69 Å². The molecule has 0 unspecified atom stereocenters. The van der Waals surface area contributed by atoms with Crippen LogP contribution in [0.2, 0.25) is 0 Å². The number of hydrogen-bond donors (Lipinski definition) is 3. The molecule has 26 heavy (non-hydrogen) atoms. The number of anilines is 1. The highest BCUT2D eigenvalue weighted by atomic mass is 32.2. The van der Waals surface area contributed by atoms with Crippen LogP contribution in [0.5, 0.6) is 0 Å². The van der Waals surface area contributed by atoms with E-state index in [1.54, 1.807) is 12.1 Å². The Morgan fingerprint density at radius 1 is 1.12 bits per heavy atom. The number of aromatic amines is 1. The fraction of sp³-hybridized carbons (Fsp3) is 0.278. The first kappa shape index (κ1) is 17.0. The Morgan fingerprint density at radius 2 is 1.85 bits per heavy atom. The van der Waals surface area contributed by atoms with Crippen molar-refractivity contribution in [3.05, 3.63) is 42.5 Å². The van der Waals surface area contributed by atoms with E-state index in [2.05, 4.69) is 31.7 Å². The third-order valence-electron chi connectivity index (χ3n) is 4.75. The van der Waals surface area contributed by atoms with E-state index >= 15 is 0 Å². The summed E-state index contributed by atoms with van der Waals surface area (Å²) in [5, 5.41) is 4.59. The van der Waals surface area contributed by atoms with E-state index in [0.29, 0.717) is 6.04 Å². The molecule has 6 rings (SSSR count). The fourth-order valence-corrected chi connectivity index (χ4v) is 3.95. The standard InChI is InChI=1S/C11H16N2O3S.C7H4N2/c12-16-17(14,15)11-7-5-10(6-8-11)13-9-3-1-2-4-9;1-2-5-6-3-4(1)7(8-5)9-6/h5-9,13H,1-4,12H2;1-3H,(H,8,9). The van der Waals surface area contributed by atoms with Gasteiger partial charge in [-0.3, -0.25) is 0 Å². The molecule has 8 heteroatoms. The van der Waals surface area contributed by atoms with Gasteiger partial charge in [-0.2, -0.15) is 18.6 Å². The summed E-state index contributed by atoms with van der Waals surface area (Å²) in [6, 6.07) is 13.2. The Morgan fingerprint density at radius 3 is 2.35 bits per heavy atom. The molecule has 1 aliphatic rings. The van der Waals surface area contributed by atoms with Crippen molar-refractivity contribution in [1.82, 2.24) is 9.97 Å². The van der Waals surface area contributed by atoms with Crippen LogP contribution in [0.15, 0.2) is 47.4 Å². The molecule has 136 valence electrons. The van der Waals surface area contributed by atoms with E-state index in [4.69, 9.17) is 5.90 Å². The van der Waals surface area contributed by atoms with E-state index in [1.807, 2.05) is 6.07 Å². The molecule has 0 amide bonds. The van der Waals surface area contributed by atoms with Crippen molar-refractivity contribution in [3.63, 3.8) is 0 Å². The lowest BCUT2D eigenvalue weighted by Crippen LogP contribution is -2.15. The molecule has 0 spiro atoms. The molecule has 3 aromatic heterocycles. The smallest absolute Gasteiger partial charge is 0.312 e. The van der Waals surface area contributed by atoms with Crippen LogP contribution in [0.25, 0.3) is 22.1 Å². The van der Waals surface area contributed by atoms with Crippen molar-refractivity contribution in [2.24, 2.45) is 5.90 Å². The number of nitrogens with zero attached hydrogens (tertiary/aromatic N) is 1. The number of nitrogens with one attached hydrogen (secondary N) is 2. The molecule has 0 radical (unpaired) electrons. The van der Waals surface area contributed by atoms with Crippen LogP contribution < -0.4 is 11.2 Å². The van der Waals surface area contributed by atoms with E-state index < -0.39 is 10.1 Å². The first-order valence-corrected chi connectivity index (χ1v) is 9.96. The molecular weight excluding hydrogens is 352 g/mol. The molecule has 5 aromatic rings. The van der Waals surface area contributed by atoms with Gasteiger partial charge in [-0.1, -0.05) is 12.8 Å². The SMILES string of the molecule is NOS(=O)(=O)c1ccc(NC2CCCC2)cc1.c1cc2nc3[nH]c2cc13. The molecule has 2 aromatic carbocycles. The number of fused-ring (bicyclic) bond motifs is 1. The summed E-state index contributed by atoms with van der Waals surface area (Å²) in [4.78, 5) is 7.49. The largest absolute Gasteiger partial charge is 0.382 e. The van der Waals surface area contributed by atoms with Crippen molar-refractivity contribution < 1.29 is 12.7 Å². The summed E-state index contributed by atoms with van der Waals surface area (Å²) in [7, 11) is -3.79. The van der Waals surface area contributed by atoms with E-state index in [-0.39, 0.29) is 4.90 Å². The number of nitrogens with two attached hydrogens (primary N) is 1. The van der Waals surface area contributed by atoms with Gasteiger partial charge in [0.2, 0.25) is 0 Å². The van der Waals surface area contributed by atoms with Crippen LogP contribution in [-0.2, 0) is 14.4 Å². The average Bonchev–Trinajstić information content (AvgIpc) is 3.38. The van der Waals surface area contributed by atoms with Gasteiger partial charge in [0.1, 0.15) is 5.65 Å². The highest BCUT2D eigenvalue weighted by molar-refractivity contribution is 7.86. The summed E-state index contributed by atoms with van der Waals surface area (Å²) >= 11 is 0. The van der Waals surface area contributed by atoms with Crippen molar-refractivity contribution in [2.45, 2.75) is 36.6 Å². The van der Waals surface area contributed by atoms with Crippen LogP contribution in [0, 0.1) is 0 Å². The van der Waals surface area contributed by atoms with Crippen LogP contribution in [-0.4, -0.2) is 24.4 Å². The highest BCUT2D eigenvalue weighted by Gasteiger charge is 2.16. The first-order valence-electron chi connectivity index (χ1n) is 8.55. The minimum atomic E-state index is -3.79. The Balaban J connectivity index is 0.000000154. The number of H-pyrrole nitrogens is 1. The summed E-state index contributed by atoms with van der Waals surface area (Å²) in [5.41, 5.74) is 4.21. The molecule has 7 nitrogen and oxygen atoms in total. The lowest BCUT2D eigenvalue weighted by atomic mass is 10.2. The molecule has 4 N–H and O–H groups in total. The van der Waals surface area contributed by atoms with Gasteiger partial charge in [0.05, 0.1) is 15.9 Å². The second kappa shape index (κ2) is 6.71. The normalized spacial score (nSPS) is 15.6. The predicted molar refractivity (Wildman–Crippen MR) is 101 cm³/mol. The summed E-state index contributed by atoms with van der Waals surface area (Å²) in [5.74, 6) is 4.70. The summed E-state index contributed by atoms with van der Waals surface area (Å²) in [6.07, 6.45) is 4.86.